The summed E-state index contributed by atoms with van der Waals surface area (Å²) >= 11 is 0. The van der Waals surface area contributed by atoms with E-state index in [1.54, 1.807) is 7.05 Å². The first kappa shape index (κ1) is 26.5. The Bertz CT molecular complexity index is 1370. The summed E-state index contributed by atoms with van der Waals surface area (Å²) in [4.78, 5) is 20.3. The summed E-state index contributed by atoms with van der Waals surface area (Å²) in [7, 11) is 1.76. The number of nitrogens with zero attached hydrogens (tertiary/aromatic N) is 2. The van der Waals surface area contributed by atoms with Crippen molar-refractivity contribution in [3.05, 3.63) is 94.8 Å². The van der Waals surface area contributed by atoms with Crippen molar-refractivity contribution in [3.8, 4) is 0 Å². The molecule has 0 amide bonds. The SMILES string of the molecule is CNc1ccccc1/C(=N\C(C=O)NC(=N)OC(=N)c1ncc(C(F)(F)F)cc1C1CC1)c1ccccc1. The fourth-order valence-electron chi connectivity index (χ4n) is 3.89. The number of aldehydes is 1. The smallest absolute Gasteiger partial charge is 0.405 e. The van der Waals surface area contributed by atoms with Gasteiger partial charge in [-0.1, -0.05) is 48.5 Å². The maximum atomic E-state index is 13.2. The van der Waals surface area contributed by atoms with Crippen LogP contribution in [0.1, 0.15) is 46.7 Å². The molecule has 1 heterocycles. The number of carbonyl (C=O) groups excluding carboxylic acids is 1. The molecule has 3 aromatic rings. The number of anilines is 1. The number of hydrogen-bond donors (Lipinski definition) is 4. The standard InChI is InChI=1S/C27H25F3N6O2/c1-33-21-10-6-5-9-19(21)23(17-7-3-2-4-8-17)35-22(15-37)36-26(32)38-25(31)24-20(16-11-12-16)13-18(14-34-24)27(28,29)30/h2-10,13-16,22,31,33H,11-12H2,1H3,(H2,32,36)/b31-25?,35-23-. The van der Waals surface area contributed by atoms with Crippen molar-refractivity contribution in [1.29, 1.82) is 10.8 Å². The molecule has 2 aromatic carbocycles. The average Bonchev–Trinajstić information content (AvgIpc) is 3.76. The number of pyridine rings is 1. The Morgan fingerprint density at radius 2 is 1.82 bits per heavy atom. The predicted octanol–water partition coefficient (Wildman–Crippen LogP) is 4.95. The van der Waals surface area contributed by atoms with Crippen molar-refractivity contribution in [2.24, 2.45) is 4.99 Å². The first-order valence-electron chi connectivity index (χ1n) is 11.8. The third-order valence-corrected chi connectivity index (χ3v) is 5.86. The zero-order chi connectivity index (χ0) is 27.3. The second-order valence-electron chi connectivity index (χ2n) is 8.56. The summed E-state index contributed by atoms with van der Waals surface area (Å²) < 4.78 is 44.7. The highest BCUT2D eigenvalue weighted by Crippen LogP contribution is 2.43. The molecule has 1 aromatic heterocycles. The number of hydrogen-bond acceptors (Lipinski definition) is 7. The van der Waals surface area contributed by atoms with Crippen molar-refractivity contribution in [1.82, 2.24) is 10.3 Å². The summed E-state index contributed by atoms with van der Waals surface area (Å²) in [5, 5.41) is 22.0. The van der Waals surface area contributed by atoms with Gasteiger partial charge < -0.3 is 15.4 Å². The van der Waals surface area contributed by atoms with E-state index in [2.05, 4.69) is 20.6 Å². The number of aromatic nitrogens is 1. The Balaban J connectivity index is 1.56. The van der Waals surface area contributed by atoms with Gasteiger partial charge in [-0.05, 0) is 36.5 Å². The summed E-state index contributed by atoms with van der Waals surface area (Å²) in [6.07, 6.45) is -3.34. The molecule has 0 radical (unpaired) electrons. The number of benzene rings is 2. The van der Waals surface area contributed by atoms with Crippen LogP contribution >= 0.6 is 0 Å². The molecule has 1 aliphatic rings. The molecule has 0 aliphatic heterocycles. The lowest BCUT2D eigenvalue weighted by molar-refractivity contribution is -0.137. The molecule has 0 spiro atoms. The highest BCUT2D eigenvalue weighted by molar-refractivity contribution is 6.16. The van der Waals surface area contributed by atoms with Gasteiger partial charge in [-0.3, -0.25) is 25.6 Å². The number of halogens is 3. The van der Waals surface area contributed by atoms with Gasteiger partial charge in [0.25, 0.3) is 6.02 Å². The van der Waals surface area contributed by atoms with Crippen LogP contribution in [0, 0.1) is 10.8 Å². The molecule has 1 aliphatic carbocycles. The summed E-state index contributed by atoms with van der Waals surface area (Å²) in [5.41, 5.74) is 1.96. The van der Waals surface area contributed by atoms with Gasteiger partial charge in [0.2, 0.25) is 5.90 Å². The number of carbonyl (C=O) groups is 1. The number of aliphatic imine (C=N–C) groups is 1. The second-order valence-corrected chi connectivity index (χ2v) is 8.56. The van der Waals surface area contributed by atoms with Crippen LogP contribution in [0.3, 0.4) is 0 Å². The fourth-order valence-corrected chi connectivity index (χ4v) is 3.89. The Hall–Kier alpha value is -4.54. The molecule has 8 nitrogen and oxygen atoms in total. The zero-order valence-electron chi connectivity index (χ0n) is 20.3. The van der Waals surface area contributed by atoms with Crippen molar-refractivity contribution < 1.29 is 22.7 Å². The van der Waals surface area contributed by atoms with Gasteiger partial charge in [0.1, 0.15) is 5.69 Å². The van der Waals surface area contributed by atoms with Gasteiger partial charge in [-0.2, -0.15) is 13.2 Å². The minimum atomic E-state index is -4.57. The van der Waals surface area contributed by atoms with E-state index in [1.807, 2.05) is 54.6 Å². The van der Waals surface area contributed by atoms with Crippen LogP contribution in [0.4, 0.5) is 18.9 Å². The van der Waals surface area contributed by atoms with Gasteiger partial charge in [0.15, 0.2) is 12.5 Å². The molecule has 1 unspecified atom stereocenters. The second kappa shape index (κ2) is 11.2. The van der Waals surface area contributed by atoms with Crippen molar-refractivity contribution in [2.75, 3.05) is 12.4 Å². The lowest BCUT2D eigenvalue weighted by atomic mass is 10.0. The van der Waals surface area contributed by atoms with Crippen molar-refractivity contribution in [3.63, 3.8) is 0 Å². The highest BCUT2D eigenvalue weighted by Gasteiger charge is 2.35. The minimum Gasteiger partial charge on any atom is -0.405 e. The first-order valence-corrected chi connectivity index (χ1v) is 11.8. The molecule has 4 N–H and O–H groups in total. The summed E-state index contributed by atoms with van der Waals surface area (Å²) in [5.74, 6) is -0.755. The molecule has 4 rings (SSSR count). The molecule has 0 saturated heterocycles. The number of para-hydroxylation sites is 1. The number of amidine groups is 1. The zero-order valence-corrected chi connectivity index (χ0v) is 20.3. The molecule has 1 saturated carbocycles. The molecule has 1 fully saturated rings. The van der Waals surface area contributed by atoms with Gasteiger partial charge in [-0.25, -0.2) is 0 Å². The van der Waals surface area contributed by atoms with E-state index in [0.717, 1.165) is 22.9 Å². The Kier molecular flexibility index (Phi) is 7.85. The topological polar surface area (TPSA) is 123 Å². The number of nitrogens with one attached hydrogen (secondary N) is 4. The summed E-state index contributed by atoms with van der Waals surface area (Å²) in [6.45, 7) is 0. The molecule has 11 heteroatoms. The van der Waals surface area contributed by atoms with Crippen LogP contribution in [0.15, 0.2) is 71.9 Å². The lowest BCUT2D eigenvalue weighted by Gasteiger charge is -2.17. The quantitative estimate of drug-likeness (QED) is 0.189. The van der Waals surface area contributed by atoms with Crippen LogP contribution in [-0.2, 0) is 15.7 Å². The van der Waals surface area contributed by atoms with Crippen LogP contribution in [0.25, 0.3) is 0 Å². The van der Waals surface area contributed by atoms with Gasteiger partial charge in [0, 0.05) is 30.1 Å². The summed E-state index contributed by atoms with van der Waals surface area (Å²) in [6, 6.07) is 16.9. The monoisotopic (exact) mass is 522 g/mol. The van der Waals surface area contributed by atoms with Crippen LogP contribution in [0.2, 0.25) is 0 Å². The van der Waals surface area contributed by atoms with E-state index in [1.165, 1.54) is 0 Å². The molecule has 1 atom stereocenters. The maximum Gasteiger partial charge on any atom is 0.417 e. The predicted molar refractivity (Wildman–Crippen MR) is 138 cm³/mol. The van der Waals surface area contributed by atoms with Crippen molar-refractivity contribution >= 4 is 29.6 Å². The van der Waals surface area contributed by atoms with Gasteiger partial charge >= 0.3 is 6.18 Å². The third-order valence-electron chi connectivity index (χ3n) is 5.86. The van der Waals surface area contributed by atoms with Crippen LogP contribution in [0.5, 0.6) is 0 Å². The number of alkyl halides is 3. The van der Waals surface area contributed by atoms with Gasteiger partial charge in [-0.15, -0.1) is 0 Å². The average molecular weight is 523 g/mol. The van der Waals surface area contributed by atoms with Gasteiger partial charge in [0.05, 0.1) is 11.3 Å². The van der Waals surface area contributed by atoms with E-state index in [0.29, 0.717) is 31.0 Å². The Morgan fingerprint density at radius 1 is 1.13 bits per heavy atom. The molecular weight excluding hydrogens is 497 g/mol. The van der Waals surface area contributed by atoms with E-state index in [4.69, 9.17) is 15.6 Å². The normalized spacial score (nSPS) is 14.4. The molecule has 38 heavy (non-hydrogen) atoms. The largest absolute Gasteiger partial charge is 0.417 e. The van der Waals surface area contributed by atoms with E-state index in [-0.39, 0.29) is 17.2 Å². The van der Waals surface area contributed by atoms with E-state index < -0.39 is 29.8 Å². The minimum absolute atomic E-state index is 0.0777. The van der Waals surface area contributed by atoms with E-state index in [9.17, 15) is 18.0 Å². The van der Waals surface area contributed by atoms with Crippen LogP contribution < -0.4 is 10.6 Å². The van der Waals surface area contributed by atoms with Crippen LogP contribution in [-0.4, -0.2) is 42.1 Å². The number of rotatable bonds is 8. The van der Waals surface area contributed by atoms with E-state index >= 15 is 0 Å². The third kappa shape index (κ3) is 6.23. The van der Waals surface area contributed by atoms with Crippen molar-refractivity contribution in [2.45, 2.75) is 31.1 Å². The maximum absolute atomic E-state index is 13.2. The number of ether oxygens (including phenoxy) is 1. The molecular formula is C27H25F3N6O2. The highest BCUT2D eigenvalue weighted by atomic mass is 19.4. The molecule has 0 bridgehead atoms. The lowest BCUT2D eigenvalue weighted by Crippen LogP contribution is -2.38. The Labute approximate surface area is 217 Å². The Morgan fingerprint density at radius 3 is 2.45 bits per heavy atom. The first-order chi connectivity index (χ1) is 18.2. The fraction of sp³-hybridized carbons (Fsp3) is 0.222. The molecule has 196 valence electrons.